The first-order valence-corrected chi connectivity index (χ1v) is 6.40. The van der Waals surface area contributed by atoms with Crippen molar-refractivity contribution in [1.82, 2.24) is 20.4 Å². The average Bonchev–Trinajstić information content (AvgIpc) is 2.89. The molecule has 1 N–H and O–H groups in total. The summed E-state index contributed by atoms with van der Waals surface area (Å²) < 4.78 is 10.9. The van der Waals surface area contributed by atoms with E-state index in [9.17, 15) is 0 Å². The van der Waals surface area contributed by atoms with E-state index in [0.29, 0.717) is 18.1 Å². The Kier molecular flexibility index (Phi) is 3.52. The number of nitrogens with one attached hydrogen (secondary N) is 1. The molecule has 2 aromatic rings. The Bertz CT molecular complexity index is 549. The Morgan fingerprint density at radius 1 is 1.47 bits per heavy atom. The molecule has 2 aromatic heterocycles. The van der Waals surface area contributed by atoms with Crippen LogP contribution >= 0.6 is 0 Å². The smallest absolute Gasteiger partial charge is 0.229 e. The minimum absolute atomic E-state index is 0.104. The Morgan fingerprint density at radius 3 is 3.21 bits per heavy atom. The highest BCUT2D eigenvalue weighted by Gasteiger charge is 2.19. The van der Waals surface area contributed by atoms with Crippen molar-refractivity contribution in [3.63, 3.8) is 0 Å². The van der Waals surface area contributed by atoms with Gasteiger partial charge in [0.25, 0.3) is 0 Å². The minimum atomic E-state index is 0.104. The lowest BCUT2D eigenvalue weighted by Crippen LogP contribution is -2.39. The van der Waals surface area contributed by atoms with Gasteiger partial charge in [-0.1, -0.05) is 11.2 Å². The van der Waals surface area contributed by atoms with Gasteiger partial charge in [-0.25, -0.2) is 0 Å². The summed E-state index contributed by atoms with van der Waals surface area (Å²) in [5.74, 6) is 1.13. The molecular weight excluding hydrogens is 244 g/mol. The van der Waals surface area contributed by atoms with Gasteiger partial charge in [0.2, 0.25) is 11.7 Å². The van der Waals surface area contributed by atoms with E-state index in [1.54, 1.807) is 6.20 Å². The van der Waals surface area contributed by atoms with Crippen molar-refractivity contribution in [2.45, 2.75) is 19.4 Å². The van der Waals surface area contributed by atoms with Crippen LogP contribution in [0.2, 0.25) is 0 Å². The molecule has 1 fully saturated rings. The van der Waals surface area contributed by atoms with Gasteiger partial charge in [0, 0.05) is 19.3 Å². The number of aromatic nitrogens is 3. The predicted molar refractivity (Wildman–Crippen MR) is 68.6 cm³/mol. The van der Waals surface area contributed by atoms with Crippen LogP contribution in [0.5, 0.6) is 0 Å². The topological polar surface area (TPSA) is 73.1 Å². The maximum Gasteiger partial charge on any atom is 0.229 e. The predicted octanol–water partition coefficient (Wildman–Crippen LogP) is 0.971. The van der Waals surface area contributed by atoms with Gasteiger partial charge >= 0.3 is 0 Å². The van der Waals surface area contributed by atoms with Crippen molar-refractivity contribution in [1.29, 1.82) is 0 Å². The largest absolute Gasteiger partial charge is 0.375 e. The molecule has 6 heteroatoms. The van der Waals surface area contributed by atoms with E-state index in [0.717, 1.165) is 31.0 Å². The second-order valence-electron chi connectivity index (χ2n) is 4.58. The molecule has 0 amide bonds. The zero-order valence-electron chi connectivity index (χ0n) is 10.8. The Morgan fingerprint density at radius 2 is 2.42 bits per heavy atom. The van der Waals surface area contributed by atoms with Crippen molar-refractivity contribution in [3.8, 4) is 11.5 Å². The summed E-state index contributed by atoms with van der Waals surface area (Å²) in [5, 5.41) is 7.26. The van der Waals surface area contributed by atoms with E-state index in [2.05, 4.69) is 20.4 Å². The third kappa shape index (κ3) is 2.80. The molecule has 1 aliphatic rings. The van der Waals surface area contributed by atoms with E-state index in [-0.39, 0.29) is 6.10 Å². The molecule has 100 valence electrons. The molecule has 0 saturated carbocycles. The Hall–Kier alpha value is -1.79. The summed E-state index contributed by atoms with van der Waals surface area (Å²) in [6, 6.07) is 3.87. The molecule has 1 atom stereocenters. The molecule has 0 spiro atoms. The molecule has 3 heterocycles. The number of morpholine rings is 1. The molecule has 3 rings (SSSR count). The second kappa shape index (κ2) is 5.46. The van der Waals surface area contributed by atoms with Crippen molar-refractivity contribution in [3.05, 3.63) is 29.8 Å². The molecule has 6 nitrogen and oxygen atoms in total. The lowest BCUT2D eigenvalue weighted by molar-refractivity contribution is 0.0246. The number of aryl methyl sites for hydroxylation is 1. The number of nitrogens with zero attached hydrogens (tertiary/aromatic N) is 3. The van der Waals surface area contributed by atoms with E-state index in [1.165, 1.54) is 0 Å². The Labute approximate surface area is 111 Å². The van der Waals surface area contributed by atoms with Crippen LogP contribution in [0.4, 0.5) is 0 Å². The summed E-state index contributed by atoms with van der Waals surface area (Å²) >= 11 is 0. The molecule has 1 aliphatic heterocycles. The maximum absolute atomic E-state index is 5.61. The van der Waals surface area contributed by atoms with Gasteiger partial charge in [-0.2, -0.15) is 4.98 Å². The zero-order chi connectivity index (χ0) is 13.1. The number of pyridine rings is 1. The number of hydrogen-bond donors (Lipinski definition) is 1. The second-order valence-corrected chi connectivity index (χ2v) is 4.58. The molecule has 0 aliphatic carbocycles. The van der Waals surface area contributed by atoms with Crippen LogP contribution in [0.1, 0.15) is 11.5 Å². The first-order valence-electron chi connectivity index (χ1n) is 6.40. The highest BCUT2D eigenvalue weighted by molar-refractivity contribution is 5.53. The van der Waals surface area contributed by atoms with Gasteiger partial charge in [-0.15, -0.1) is 0 Å². The number of rotatable bonds is 3. The number of ether oxygens (including phenoxy) is 1. The zero-order valence-corrected chi connectivity index (χ0v) is 10.8. The normalized spacial score (nSPS) is 19.5. The van der Waals surface area contributed by atoms with Gasteiger partial charge in [0.05, 0.1) is 19.1 Å². The van der Waals surface area contributed by atoms with Crippen molar-refractivity contribution in [2.24, 2.45) is 0 Å². The third-order valence-electron chi connectivity index (χ3n) is 3.10. The summed E-state index contributed by atoms with van der Waals surface area (Å²) in [6.07, 6.45) is 2.46. The molecule has 0 radical (unpaired) electrons. The van der Waals surface area contributed by atoms with E-state index in [4.69, 9.17) is 9.26 Å². The molecule has 1 unspecified atom stereocenters. The van der Waals surface area contributed by atoms with Crippen molar-refractivity contribution >= 4 is 0 Å². The summed E-state index contributed by atoms with van der Waals surface area (Å²) in [7, 11) is 0. The lowest BCUT2D eigenvalue weighted by Gasteiger charge is -2.21. The van der Waals surface area contributed by atoms with Crippen LogP contribution in [0.25, 0.3) is 11.5 Å². The fraction of sp³-hybridized carbons (Fsp3) is 0.462. The average molecular weight is 260 g/mol. The van der Waals surface area contributed by atoms with Crippen LogP contribution in [-0.2, 0) is 11.2 Å². The first-order chi connectivity index (χ1) is 9.33. The highest BCUT2D eigenvalue weighted by atomic mass is 16.5. The standard InChI is InChI=1S/C13H16N4O2/c1-9-3-2-4-15-12(9)13-16-11(19-17-13)7-10-8-14-5-6-18-10/h2-4,10,14H,5-8H2,1H3. The van der Waals surface area contributed by atoms with Crippen LogP contribution in [0.3, 0.4) is 0 Å². The van der Waals surface area contributed by atoms with E-state index < -0.39 is 0 Å². The van der Waals surface area contributed by atoms with Crippen molar-refractivity contribution < 1.29 is 9.26 Å². The van der Waals surface area contributed by atoms with E-state index in [1.807, 2.05) is 19.1 Å². The summed E-state index contributed by atoms with van der Waals surface area (Å²) in [6.45, 7) is 4.43. The van der Waals surface area contributed by atoms with Crippen molar-refractivity contribution in [2.75, 3.05) is 19.7 Å². The summed E-state index contributed by atoms with van der Waals surface area (Å²) in [5.41, 5.74) is 1.80. The SMILES string of the molecule is Cc1cccnc1-c1noc(CC2CNCCO2)n1. The van der Waals surface area contributed by atoms with Gasteiger partial charge in [0.1, 0.15) is 5.69 Å². The van der Waals surface area contributed by atoms with Crippen LogP contribution in [0.15, 0.2) is 22.9 Å². The van der Waals surface area contributed by atoms with Gasteiger partial charge in [0.15, 0.2) is 0 Å². The number of hydrogen-bond acceptors (Lipinski definition) is 6. The fourth-order valence-electron chi connectivity index (χ4n) is 2.10. The van der Waals surface area contributed by atoms with Gasteiger partial charge in [-0.05, 0) is 18.6 Å². The molecule has 1 saturated heterocycles. The maximum atomic E-state index is 5.61. The van der Waals surface area contributed by atoms with Gasteiger partial charge in [-0.3, -0.25) is 4.98 Å². The quantitative estimate of drug-likeness (QED) is 0.886. The van der Waals surface area contributed by atoms with Crippen LogP contribution in [0, 0.1) is 6.92 Å². The fourth-order valence-corrected chi connectivity index (χ4v) is 2.10. The molecule has 19 heavy (non-hydrogen) atoms. The third-order valence-corrected chi connectivity index (χ3v) is 3.10. The monoisotopic (exact) mass is 260 g/mol. The first kappa shape index (κ1) is 12.3. The highest BCUT2D eigenvalue weighted by Crippen LogP contribution is 2.17. The summed E-state index contributed by atoms with van der Waals surface area (Å²) in [4.78, 5) is 8.67. The molecule has 0 bridgehead atoms. The minimum Gasteiger partial charge on any atom is -0.375 e. The lowest BCUT2D eigenvalue weighted by atomic mass is 10.2. The Balaban J connectivity index is 1.74. The van der Waals surface area contributed by atoms with Gasteiger partial charge < -0.3 is 14.6 Å². The van der Waals surface area contributed by atoms with Crippen LogP contribution < -0.4 is 5.32 Å². The van der Waals surface area contributed by atoms with E-state index >= 15 is 0 Å². The van der Waals surface area contributed by atoms with Crippen LogP contribution in [-0.4, -0.2) is 40.9 Å². The molecule has 0 aromatic carbocycles. The molecular formula is C13H16N4O2.